The van der Waals surface area contributed by atoms with Crippen LogP contribution in [0.25, 0.3) is 22.0 Å². The van der Waals surface area contributed by atoms with Gasteiger partial charge in [-0.1, -0.05) is 12.1 Å². The third-order valence-corrected chi connectivity index (χ3v) is 4.50. The number of ether oxygens (including phenoxy) is 1. The number of benzene rings is 1. The fourth-order valence-electron chi connectivity index (χ4n) is 3.06. The molecule has 0 unspecified atom stereocenters. The van der Waals surface area contributed by atoms with E-state index in [0.717, 1.165) is 29.7 Å². The smallest absolute Gasteiger partial charge is 0.200 e. The zero-order valence-corrected chi connectivity index (χ0v) is 14.5. The molecule has 0 spiro atoms. The Labute approximate surface area is 146 Å². The lowest BCUT2D eigenvalue weighted by molar-refractivity contribution is 0.340. The molecular formula is C20H21N3O2. The third kappa shape index (κ3) is 2.97. The number of hydrogen-bond acceptors (Lipinski definition) is 4. The number of pyridine rings is 2. The summed E-state index contributed by atoms with van der Waals surface area (Å²) in [7, 11) is 1.96. The second kappa shape index (κ2) is 6.24. The van der Waals surface area contributed by atoms with E-state index < -0.39 is 0 Å². The number of aromatic nitrogens is 2. The zero-order chi connectivity index (χ0) is 17.4. The van der Waals surface area contributed by atoms with Crippen LogP contribution in [0.3, 0.4) is 0 Å². The third-order valence-electron chi connectivity index (χ3n) is 4.50. The van der Waals surface area contributed by atoms with Gasteiger partial charge in [0.05, 0.1) is 17.5 Å². The Hall–Kier alpha value is -2.82. The van der Waals surface area contributed by atoms with E-state index in [1.807, 2.05) is 55.1 Å². The first-order valence-corrected chi connectivity index (χ1v) is 8.65. The molecule has 25 heavy (non-hydrogen) atoms. The van der Waals surface area contributed by atoms with Crippen molar-refractivity contribution in [3.05, 3.63) is 52.9 Å². The van der Waals surface area contributed by atoms with Crippen LogP contribution in [-0.4, -0.2) is 22.2 Å². The van der Waals surface area contributed by atoms with Crippen LogP contribution in [0.1, 0.15) is 19.8 Å². The van der Waals surface area contributed by atoms with Crippen LogP contribution in [0, 0.1) is 0 Å². The number of nitrogens with zero attached hydrogens (tertiary/aromatic N) is 2. The Morgan fingerprint density at radius 1 is 1.24 bits per heavy atom. The summed E-state index contributed by atoms with van der Waals surface area (Å²) in [5.41, 5.74) is 2.45. The second-order valence-electron chi connectivity index (χ2n) is 6.41. The Morgan fingerprint density at radius 3 is 2.68 bits per heavy atom. The average Bonchev–Trinajstić information content (AvgIpc) is 3.43. The molecule has 1 aliphatic carbocycles. The molecule has 0 radical (unpaired) electrons. The fourth-order valence-corrected chi connectivity index (χ4v) is 3.06. The Kier molecular flexibility index (Phi) is 3.92. The molecule has 0 bridgehead atoms. The van der Waals surface area contributed by atoms with Gasteiger partial charge in [0.25, 0.3) is 0 Å². The highest BCUT2D eigenvalue weighted by Crippen LogP contribution is 2.28. The minimum absolute atomic E-state index is 0.00788. The standard InChI is InChI=1S/C20H21N3O2/c1-3-25-15-8-4-13(5-9-15)16-12-23(2)17-10-11-21-20(18(17)19(16)24)22-14-6-7-14/h4-5,8-12,14H,3,6-7H2,1-2H3,(H,21,22). The molecule has 0 saturated heterocycles. The van der Waals surface area contributed by atoms with Crippen molar-refractivity contribution in [3.63, 3.8) is 0 Å². The number of rotatable bonds is 5. The normalized spacial score (nSPS) is 13.8. The van der Waals surface area contributed by atoms with Gasteiger partial charge in [0.15, 0.2) is 0 Å². The Balaban J connectivity index is 1.86. The van der Waals surface area contributed by atoms with Gasteiger partial charge >= 0.3 is 0 Å². The highest BCUT2D eigenvalue weighted by atomic mass is 16.5. The van der Waals surface area contributed by atoms with Gasteiger partial charge in [0.2, 0.25) is 5.43 Å². The van der Waals surface area contributed by atoms with E-state index in [9.17, 15) is 4.79 Å². The quantitative estimate of drug-likeness (QED) is 0.774. The van der Waals surface area contributed by atoms with E-state index in [-0.39, 0.29) is 5.43 Å². The van der Waals surface area contributed by atoms with Gasteiger partial charge in [-0.25, -0.2) is 4.98 Å². The van der Waals surface area contributed by atoms with Crippen LogP contribution in [0.2, 0.25) is 0 Å². The maximum atomic E-state index is 13.2. The van der Waals surface area contributed by atoms with E-state index in [2.05, 4.69) is 10.3 Å². The largest absolute Gasteiger partial charge is 0.494 e. The first-order chi connectivity index (χ1) is 12.2. The molecule has 0 atom stereocenters. The molecule has 5 heteroatoms. The molecule has 1 fully saturated rings. The number of fused-ring (bicyclic) bond motifs is 1. The van der Waals surface area contributed by atoms with Crippen LogP contribution in [0.5, 0.6) is 5.75 Å². The molecule has 1 N–H and O–H groups in total. The van der Waals surface area contributed by atoms with E-state index >= 15 is 0 Å². The Morgan fingerprint density at radius 2 is 2.00 bits per heavy atom. The van der Waals surface area contributed by atoms with Crippen LogP contribution >= 0.6 is 0 Å². The average molecular weight is 335 g/mol. The molecule has 3 aromatic rings. The second-order valence-corrected chi connectivity index (χ2v) is 6.41. The molecule has 4 rings (SSSR count). The van der Waals surface area contributed by atoms with Crippen molar-refractivity contribution in [2.45, 2.75) is 25.8 Å². The lowest BCUT2D eigenvalue weighted by atomic mass is 10.0. The number of nitrogens with one attached hydrogen (secondary N) is 1. The lowest BCUT2D eigenvalue weighted by Gasteiger charge is -2.13. The summed E-state index contributed by atoms with van der Waals surface area (Å²) in [6.45, 7) is 2.58. The van der Waals surface area contributed by atoms with Gasteiger partial charge in [-0.2, -0.15) is 0 Å². The zero-order valence-electron chi connectivity index (χ0n) is 14.5. The monoisotopic (exact) mass is 335 g/mol. The summed E-state index contributed by atoms with van der Waals surface area (Å²) >= 11 is 0. The summed E-state index contributed by atoms with van der Waals surface area (Å²) in [6.07, 6.45) is 5.91. The molecule has 2 heterocycles. The highest BCUT2D eigenvalue weighted by Gasteiger charge is 2.23. The molecule has 5 nitrogen and oxygen atoms in total. The number of anilines is 1. The minimum atomic E-state index is 0.00788. The van der Waals surface area contributed by atoms with Gasteiger partial charge < -0.3 is 14.6 Å². The van der Waals surface area contributed by atoms with Crippen LogP contribution in [0.15, 0.2) is 47.5 Å². The molecule has 2 aromatic heterocycles. The molecular weight excluding hydrogens is 314 g/mol. The van der Waals surface area contributed by atoms with Gasteiger partial charge in [0, 0.05) is 31.0 Å². The van der Waals surface area contributed by atoms with Crippen molar-refractivity contribution < 1.29 is 4.74 Å². The van der Waals surface area contributed by atoms with Gasteiger partial charge in [0.1, 0.15) is 11.6 Å². The first kappa shape index (κ1) is 15.7. The fraction of sp³-hybridized carbons (Fsp3) is 0.300. The van der Waals surface area contributed by atoms with Gasteiger partial charge in [-0.3, -0.25) is 4.79 Å². The minimum Gasteiger partial charge on any atom is -0.494 e. The maximum Gasteiger partial charge on any atom is 0.200 e. The molecule has 1 saturated carbocycles. The SMILES string of the molecule is CCOc1ccc(-c2cn(C)c3ccnc(NC4CC4)c3c2=O)cc1. The lowest BCUT2D eigenvalue weighted by Crippen LogP contribution is -2.14. The summed E-state index contributed by atoms with van der Waals surface area (Å²) in [5, 5.41) is 4.04. The van der Waals surface area contributed by atoms with Crippen molar-refractivity contribution in [2.24, 2.45) is 7.05 Å². The molecule has 1 aliphatic rings. The van der Waals surface area contributed by atoms with Crippen molar-refractivity contribution in [3.8, 4) is 16.9 Å². The van der Waals surface area contributed by atoms with E-state index in [1.165, 1.54) is 0 Å². The van der Waals surface area contributed by atoms with Gasteiger partial charge in [-0.15, -0.1) is 0 Å². The summed E-state index contributed by atoms with van der Waals surface area (Å²) < 4.78 is 7.48. The van der Waals surface area contributed by atoms with Crippen LogP contribution < -0.4 is 15.5 Å². The van der Waals surface area contributed by atoms with Crippen molar-refractivity contribution in [2.75, 3.05) is 11.9 Å². The number of hydrogen-bond donors (Lipinski definition) is 1. The predicted octanol–water partition coefficient (Wildman–Crippen LogP) is 3.57. The topological polar surface area (TPSA) is 56.1 Å². The molecule has 128 valence electrons. The predicted molar refractivity (Wildman–Crippen MR) is 100 cm³/mol. The maximum absolute atomic E-state index is 13.2. The molecule has 0 aliphatic heterocycles. The van der Waals surface area contributed by atoms with Crippen LogP contribution in [-0.2, 0) is 7.05 Å². The summed E-state index contributed by atoms with van der Waals surface area (Å²) in [6, 6.07) is 9.98. The van der Waals surface area contributed by atoms with E-state index in [1.54, 1.807) is 6.20 Å². The molecule has 1 aromatic carbocycles. The van der Waals surface area contributed by atoms with Crippen molar-refractivity contribution in [1.82, 2.24) is 9.55 Å². The summed E-state index contributed by atoms with van der Waals surface area (Å²) in [5.74, 6) is 1.50. The molecule has 0 amide bonds. The van der Waals surface area contributed by atoms with E-state index in [0.29, 0.717) is 29.4 Å². The number of aryl methyl sites for hydroxylation is 1. The van der Waals surface area contributed by atoms with Crippen LogP contribution in [0.4, 0.5) is 5.82 Å². The van der Waals surface area contributed by atoms with Crippen molar-refractivity contribution >= 4 is 16.7 Å². The summed E-state index contributed by atoms with van der Waals surface area (Å²) in [4.78, 5) is 17.6. The van der Waals surface area contributed by atoms with Gasteiger partial charge in [-0.05, 0) is 43.5 Å². The Bertz CT molecular complexity index is 973. The first-order valence-electron chi connectivity index (χ1n) is 8.65. The highest BCUT2D eigenvalue weighted by molar-refractivity contribution is 5.92. The van der Waals surface area contributed by atoms with E-state index in [4.69, 9.17) is 4.74 Å². The van der Waals surface area contributed by atoms with Crippen molar-refractivity contribution in [1.29, 1.82) is 0 Å².